The first kappa shape index (κ1) is 15.9. The van der Waals surface area contributed by atoms with Gasteiger partial charge in [-0.15, -0.1) is 11.3 Å². The predicted molar refractivity (Wildman–Crippen MR) is 110 cm³/mol. The zero-order valence-electron chi connectivity index (χ0n) is 13.5. The minimum Gasteiger partial charge on any atom is -0.274 e. The summed E-state index contributed by atoms with van der Waals surface area (Å²) in [5.74, 6) is -0.0867. The Labute approximate surface area is 164 Å². The highest BCUT2D eigenvalue weighted by atomic mass is 35.5. The number of anilines is 2. The number of halogens is 1. The topological polar surface area (TPSA) is 20.3 Å². The summed E-state index contributed by atoms with van der Waals surface area (Å²) in [6, 6.07) is 23.8. The largest absolute Gasteiger partial charge is 0.274 e. The first-order valence-corrected chi connectivity index (χ1v) is 10.1. The summed E-state index contributed by atoms with van der Waals surface area (Å²) >= 11 is 9.71. The van der Waals surface area contributed by atoms with Gasteiger partial charge < -0.3 is 0 Å². The van der Waals surface area contributed by atoms with Gasteiger partial charge in [0, 0.05) is 19.9 Å². The van der Waals surface area contributed by atoms with Crippen molar-refractivity contribution < 1.29 is 4.79 Å². The van der Waals surface area contributed by atoms with E-state index in [0.29, 0.717) is 9.90 Å². The number of thiophene rings is 1. The molecule has 0 radical (unpaired) electrons. The van der Waals surface area contributed by atoms with Gasteiger partial charge in [-0.05, 0) is 30.3 Å². The molecule has 1 aromatic heterocycles. The average Bonchev–Trinajstić information content (AvgIpc) is 3.02. The Bertz CT molecular complexity index is 1120. The highest BCUT2D eigenvalue weighted by Crippen LogP contribution is 2.49. The fraction of sp³-hybridized carbons (Fsp3) is 0. The molecule has 5 rings (SSSR count). The molecule has 126 valence electrons. The van der Waals surface area contributed by atoms with Crippen LogP contribution in [0.25, 0.3) is 10.1 Å². The number of para-hydroxylation sites is 2. The van der Waals surface area contributed by atoms with Crippen molar-refractivity contribution in [2.24, 2.45) is 0 Å². The maximum absolute atomic E-state index is 13.6. The normalized spacial score (nSPS) is 12.7. The van der Waals surface area contributed by atoms with E-state index in [9.17, 15) is 4.79 Å². The molecule has 1 aliphatic heterocycles. The van der Waals surface area contributed by atoms with Gasteiger partial charge in [-0.25, -0.2) is 0 Å². The van der Waals surface area contributed by atoms with Crippen molar-refractivity contribution in [3.63, 3.8) is 0 Å². The van der Waals surface area contributed by atoms with E-state index in [4.69, 9.17) is 11.6 Å². The number of nitrogens with zero attached hydrogens (tertiary/aromatic N) is 1. The van der Waals surface area contributed by atoms with Crippen LogP contribution in [0, 0.1) is 0 Å². The quantitative estimate of drug-likeness (QED) is 0.347. The second kappa shape index (κ2) is 6.16. The summed E-state index contributed by atoms with van der Waals surface area (Å²) in [7, 11) is 0. The van der Waals surface area contributed by atoms with E-state index in [1.807, 2.05) is 72.8 Å². The average molecular weight is 394 g/mol. The van der Waals surface area contributed by atoms with Gasteiger partial charge in [0.2, 0.25) is 0 Å². The summed E-state index contributed by atoms with van der Waals surface area (Å²) in [6.07, 6.45) is 0. The van der Waals surface area contributed by atoms with Crippen LogP contribution in [0.15, 0.2) is 82.6 Å². The number of carbonyl (C=O) groups excluding carboxylic acids is 1. The Morgan fingerprint density at radius 1 is 0.808 bits per heavy atom. The van der Waals surface area contributed by atoms with E-state index in [-0.39, 0.29) is 5.91 Å². The lowest BCUT2D eigenvalue weighted by molar-refractivity contribution is 0.100. The Balaban J connectivity index is 1.72. The summed E-state index contributed by atoms with van der Waals surface area (Å²) in [4.78, 5) is 18.1. The molecule has 0 spiro atoms. The molecule has 0 fully saturated rings. The zero-order chi connectivity index (χ0) is 17.7. The van der Waals surface area contributed by atoms with E-state index in [1.54, 1.807) is 16.7 Å². The highest BCUT2D eigenvalue weighted by molar-refractivity contribution is 7.99. The predicted octanol–water partition coefficient (Wildman–Crippen LogP) is 7.00. The van der Waals surface area contributed by atoms with Crippen LogP contribution in [0.4, 0.5) is 11.4 Å². The lowest BCUT2D eigenvalue weighted by Crippen LogP contribution is -2.28. The van der Waals surface area contributed by atoms with Crippen molar-refractivity contribution in [2.75, 3.05) is 4.90 Å². The molecule has 26 heavy (non-hydrogen) atoms. The highest BCUT2D eigenvalue weighted by Gasteiger charge is 2.31. The number of fused-ring (bicyclic) bond motifs is 3. The molecule has 2 nitrogen and oxygen atoms in total. The van der Waals surface area contributed by atoms with Crippen LogP contribution in [0.3, 0.4) is 0 Å². The number of amides is 1. The number of rotatable bonds is 1. The van der Waals surface area contributed by atoms with Gasteiger partial charge in [-0.2, -0.15) is 0 Å². The fourth-order valence-electron chi connectivity index (χ4n) is 3.18. The molecule has 0 N–H and O–H groups in total. The fourth-order valence-corrected chi connectivity index (χ4v) is 5.68. The van der Waals surface area contributed by atoms with Gasteiger partial charge in [-0.1, -0.05) is 65.8 Å². The van der Waals surface area contributed by atoms with Gasteiger partial charge in [0.1, 0.15) is 4.88 Å². The number of hydrogen-bond donors (Lipinski definition) is 0. The molecule has 2 heterocycles. The van der Waals surface area contributed by atoms with E-state index in [1.165, 1.54) is 11.3 Å². The molecule has 3 aromatic carbocycles. The van der Waals surface area contributed by atoms with Crippen molar-refractivity contribution >= 4 is 62.1 Å². The smallest absolute Gasteiger partial charge is 0.274 e. The number of benzene rings is 3. The summed E-state index contributed by atoms with van der Waals surface area (Å²) < 4.78 is 1.02. The van der Waals surface area contributed by atoms with Crippen molar-refractivity contribution in [3.05, 3.63) is 82.7 Å². The Morgan fingerprint density at radius 3 is 2.04 bits per heavy atom. The van der Waals surface area contributed by atoms with E-state index < -0.39 is 0 Å². The van der Waals surface area contributed by atoms with Gasteiger partial charge >= 0.3 is 0 Å². The SMILES string of the molecule is O=C(c1sc2ccccc2c1Cl)N1c2ccccc2Sc2ccccc21. The minimum absolute atomic E-state index is 0.0867. The van der Waals surface area contributed by atoms with Crippen LogP contribution >= 0.6 is 34.7 Å². The monoisotopic (exact) mass is 393 g/mol. The lowest BCUT2D eigenvalue weighted by Gasteiger charge is -2.30. The third-order valence-electron chi connectivity index (χ3n) is 4.36. The molecule has 1 aliphatic rings. The molecule has 1 amide bonds. The van der Waals surface area contributed by atoms with Crippen LogP contribution in [-0.4, -0.2) is 5.91 Å². The van der Waals surface area contributed by atoms with Gasteiger partial charge in [0.25, 0.3) is 5.91 Å². The zero-order valence-corrected chi connectivity index (χ0v) is 15.9. The van der Waals surface area contributed by atoms with E-state index >= 15 is 0 Å². The number of hydrogen-bond acceptors (Lipinski definition) is 3. The van der Waals surface area contributed by atoms with Crippen LogP contribution in [-0.2, 0) is 0 Å². The Kier molecular flexibility index (Phi) is 3.78. The van der Waals surface area contributed by atoms with Crippen molar-refractivity contribution in [1.82, 2.24) is 0 Å². The second-order valence-electron chi connectivity index (χ2n) is 5.92. The molecule has 0 unspecified atom stereocenters. The van der Waals surface area contributed by atoms with Crippen molar-refractivity contribution in [1.29, 1.82) is 0 Å². The molecular formula is C21H12ClNOS2. The van der Waals surface area contributed by atoms with Gasteiger partial charge in [0.15, 0.2) is 0 Å². The molecular weight excluding hydrogens is 382 g/mol. The molecule has 0 atom stereocenters. The minimum atomic E-state index is -0.0867. The molecule has 4 aromatic rings. The molecule has 0 saturated carbocycles. The van der Waals surface area contributed by atoms with Crippen LogP contribution in [0.2, 0.25) is 5.02 Å². The number of carbonyl (C=O) groups is 1. The Morgan fingerprint density at radius 2 is 1.38 bits per heavy atom. The summed E-state index contributed by atoms with van der Waals surface area (Å²) in [6.45, 7) is 0. The van der Waals surface area contributed by atoms with Crippen LogP contribution in [0.1, 0.15) is 9.67 Å². The first-order chi connectivity index (χ1) is 12.7. The van der Waals surface area contributed by atoms with Gasteiger partial charge in [0.05, 0.1) is 16.4 Å². The Hall–Kier alpha value is -2.27. The summed E-state index contributed by atoms with van der Waals surface area (Å²) in [5, 5.41) is 1.46. The third kappa shape index (κ3) is 2.37. The van der Waals surface area contributed by atoms with Crippen LogP contribution in [0.5, 0.6) is 0 Å². The maximum Gasteiger partial charge on any atom is 0.274 e. The van der Waals surface area contributed by atoms with E-state index in [2.05, 4.69) is 0 Å². The van der Waals surface area contributed by atoms with Crippen molar-refractivity contribution in [3.8, 4) is 0 Å². The standard InChI is InChI=1S/C21H12ClNOS2/c22-19-13-7-1-4-10-16(13)26-20(19)21(24)23-14-8-2-5-11-17(14)25-18-12-6-3-9-15(18)23/h1-12H. The second-order valence-corrected chi connectivity index (χ2v) is 8.43. The molecule has 5 heteroatoms. The van der Waals surface area contributed by atoms with Crippen LogP contribution < -0.4 is 4.90 Å². The van der Waals surface area contributed by atoms with Gasteiger partial charge in [-0.3, -0.25) is 9.69 Å². The van der Waals surface area contributed by atoms with Crippen molar-refractivity contribution in [2.45, 2.75) is 9.79 Å². The lowest BCUT2D eigenvalue weighted by atomic mass is 10.2. The molecule has 0 bridgehead atoms. The maximum atomic E-state index is 13.6. The first-order valence-electron chi connectivity index (χ1n) is 8.11. The third-order valence-corrected chi connectivity index (χ3v) is 7.16. The molecule has 0 aliphatic carbocycles. The molecule has 0 saturated heterocycles. The van der Waals surface area contributed by atoms with E-state index in [0.717, 1.165) is 31.3 Å². The summed E-state index contributed by atoms with van der Waals surface area (Å²) in [5.41, 5.74) is 1.80.